The topological polar surface area (TPSA) is 38.0 Å². The summed E-state index contributed by atoms with van der Waals surface area (Å²) in [7, 11) is 0. The highest BCUT2D eigenvalue weighted by atomic mass is 32.1. The van der Waals surface area contributed by atoms with E-state index in [1.165, 1.54) is 5.56 Å². The number of aryl methyl sites for hydroxylation is 2. The van der Waals surface area contributed by atoms with Crippen molar-refractivity contribution < 1.29 is 5.11 Å². The van der Waals surface area contributed by atoms with E-state index in [1.807, 2.05) is 10.7 Å². The van der Waals surface area contributed by atoms with Gasteiger partial charge in [-0.2, -0.15) is 16.4 Å². The summed E-state index contributed by atoms with van der Waals surface area (Å²) in [5.41, 5.74) is 2.23. The van der Waals surface area contributed by atoms with Crippen LogP contribution in [0.3, 0.4) is 0 Å². The lowest BCUT2D eigenvalue weighted by Crippen LogP contribution is -2.09. The molecule has 1 atom stereocenters. The Morgan fingerprint density at radius 3 is 3.06 bits per heavy atom. The fraction of sp³-hybridized carbons (Fsp3) is 0.462. The molecule has 0 aliphatic heterocycles. The zero-order valence-corrected chi connectivity index (χ0v) is 10.9. The highest BCUT2D eigenvalue weighted by Crippen LogP contribution is 2.20. The lowest BCUT2D eigenvalue weighted by atomic mass is 10.1. The fourth-order valence-corrected chi connectivity index (χ4v) is 2.61. The molecule has 2 heterocycles. The second-order valence-electron chi connectivity index (χ2n) is 4.17. The summed E-state index contributed by atoms with van der Waals surface area (Å²) < 4.78 is 1.90. The molecule has 0 spiro atoms. The van der Waals surface area contributed by atoms with Crippen LogP contribution in [0, 0.1) is 0 Å². The molecule has 3 nitrogen and oxygen atoms in total. The number of aromatic nitrogens is 2. The molecule has 0 saturated heterocycles. The van der Waals surface area contributed by atoms with E-state index in [0.717, 1.165) is 31.5 Å². The van der Waals surface area contributed by atoms with E-state index in [9.17, 15) is 5.11 Å². The van der Waals surface area contributed by atoms with Gasteiger partial charge in [-0.1, -0.05) is 6.92 Å². The molecule has 4 heteroatoms. The number of nitrogens with zero attached hydrogens (tertiary/aromatic N) is 2. The van der Waals surface area contributed by atoms with Crippen molar-refractivity contribution in [3.05, 3.63) is 40.3 Å². The van der Waals surface area contributed by atoms with E-state index in [1.54, 1.807) is 17.5 Å². The maximum Gasteiger partial charge on any atom is 0.0959 e. The predicted molar refractivity (Wildman–Crippen MR) is 70.1 cm³/mol. The first-order chi connectivity index (χ1) is 8.31. The Bertz CT molecular complexity index is 436. The molecule has 0 bridgehead atoms. The van der Waals surface area contributed by atoms with Crippen LogP contribution in [-0.4, -0.2) is 14.9 Å². The first-order valence-corrected chi connectivity index (χ1v) is 6.96. The van der Waals surface area contributed by atoms with Crippen LogP contribution >= 0.6 is 11.3 Å². The molecule has 0 saturated carbocycles. The van der Waals surface area contributed by atoms with Crippen molar-refractivity contribution in [1.29, 1.82) is 0 Å². The molecule has 0 aliphatic rings. The van der Waals surface area contributed by atoms with Gasteiger partial charge in [-0.3, -0.25) is 4.68 Å². The normalized spacial score (nSPS) is 12.8. The van der Waals surface area contributed by atoms with Crippen molar-refractivity contribution in [2.45, 2.75) is 38.8 Å². The number of hydrogen-bond acceptors (Lipinski definition) is 3. The van der Waals surface area contributed by atoms with Gasteiger partial charge < -0.3 is 5.11 Å². The van der Waals surface area contributed by atoms with Crippen LogP contribution < -0.4 is 0 Å². The fourth-order valence-electron chi connectivity index (χ4n) is 1.91. The molecule has 17 heavy (non-hydrogen) atoms. The van der Waals surface area contributed by atoms with Crippen LogP contribution in [0.5, 0.6) is 0 Å². The van der Waals surface area contributed by atoms with Crippen LogP contribution in [0.2, 0.25) is 0 Å². The Kier molecular flexibility index (Phi) is 4.34. The van der Waals surface area contributed by atoms with Crippen molar-refractivity contribution in [1.82, 2.24) is 9.78 Å². The highest BCUT2D eigenvalue weighted by molar-refractivity contribution is 7.07. The Hall–Kier alpha value is -1.13. The summed E-state index contributed by atoms with van der Waals surface area (Å²) in [6, 6.07) is 4.02. The summed E-state index contributed by atoms with van der Waals surface area (Å²) in [4.78, 5) is 0. The van der Waals surface area contributed by atoms with Crippen LogP contribution in [0.1, 0.15) is 37.1 Å². The van der Waals surface area contributed by atoms with Crippen molar-refractivity contribution in [2.75, 3.05) is 0 Å². The van der Waals surface area contributed by atoms with Gasteiger partial charge in [0.05, 0.1) is 11.8 Å². The highest BCUT2D eigenvalue weighted by Gasteiger charge is 2.12. The second kappa shape index (κ2) is 5.98. The Morgan fingerprint density at radius 1 is 1.47 bits per heavy atom. The summed E-state index contributed by atoms with van der Waals surface area (Å²) in [5, 5.41) is 18.6. The van der Waals surface area contributed by atoms with E-state index in [4.69, 9.17) is 0 Å². The van der Waals surface area contributed by atoms with E-state index < -0.39 is 6.10 Å². The van der Waals surface area contributed by atoms with Gasteiger partial charge in [-0.15, -0.1) is 0 Å². The van der Waals surface area contributed by atoms with E-state index in [0.29, 0.717) is 0 Å². The van der Waals surface area contributed by atoms with Gasteiger partial charge in [0.1, 0.15) is 0 Å². The minimum Gasteiger partial charge on any atom is -0.387 e. The van der Waals surface area contributed by atoms with Crippen molar-refractivity contribution in [3.8, 4) is 0 Å². The first kappa shape index (κ1) is 12.3. The van der Waals surface area contributed by atoms with E-state index >= 15 is 0 Å². The van der Waals surface area contributed by atoms with Gasteiger partial charge in [-0.05, 0) is 47.7 Å². The van der Waals surface area contributed by atoms with Gasteiger partial charge in [0.2, 0.25) is 0 Å². The molecule has 0 aromatic carbocycles. The molecule has 1 unspecified atom stereocenters. The maximum atomic E-state index is 10.2. The van der Waals surface area contributed by atoms with Crippen molar-refractivity contribution >= 4 is 11.3 Å². The molecule has 2 aromatic heterocycles. The van der Waals surface area contributed by atoms with Gasteiger partial charge in [0.15, 0.2) is 0 Å². The number of aliphatic hydroxyl groups is 1. The molecule has 92 valence electrons. The third kappa shape index (κ3) is 3.17. The third-order valence-corrected chi connectivity index (χ3v) is 3.54. The maximum absolute atomic E-state index is 10.2. The van der Waals surface area contributed by atoms with E-state index in [2.05, 4.69) is 28.8 Å². The van der Waals surface area contributed by atoms with E-state index in [-0.39, 0.29) is 0 Å². The molecule has 0 fully saturated rings. The Morgan fingerprint density at radius 2 is 2.35 bits per heavy atom. The number of hydrogen-bond donors (Lipinski definition) is 1. The molecule has 2 aromatic rings. The number of thiophene rings is 1. The lowest BCUT2D eigenvalue weighted by molar-refractivity contribution is 0.156. The molecular formula is C13H18N2OS. The van der Waals surface area contributed by atoms with Crippen molar-refractivity contribution in [3.63, 3.8) is 0 Å². The van der Waals surface area contributed by atoms with Gasteiger partial charge in [-0.25, -0.2) is 0 Å². The molecule has 0 radical (unpaired) electrons. The monoisotopic (exact) mass is 250 g/mol. The average molecular weight is 250 g/mol. The molecule has 2 rings (SSSR count). The first-order valence-electron chi connectivity index (χ1n) is 6.02. The second-order valence-corrected chi connectivity index (χ2v) is 4.95. The average Bonchev–Trinajstić information content (AvgIpc) is 2.97. The van der Waals surface area contributed by atoms with Crippen LogP contribution in [0.4, 0.5) is 0 Å². The van der Waals surface area contributed by atoms with Crippen LogP contribution in [0.15, 0.2) is 29.1 Å². The molecule has 0 aliphatic carbocycles. The van der Waals surface area contributed by atoms with Gasteiger partial charge in [0, 0.05) is 12.7 Å². The lowest BCUT2D eigenvalue weighted by Gasteiger charge is -2.12. The SMILES string of the molecule is CCCn1nccc1C(O)CCc1ccsc1. The Balaban J connectivity index is 1.94. The summed E-state index contributed by atoms with van der Waals surface area (Å²) in [6.45, 7) is 2.99. The predicted octanol–water partition coefficient (Wildman–Crippen LogP) is 3.02. The third-order valence-electron chi connectivity index (χ3n) is 2.81. The smallest absolute Gasteiger partial charge is 0.0959 e. The standard InChI is InChI=1S/C13H18N2OS/c1-2-8-15-12(5-7-14-15)13(16)4-3-11-6-9-17-10-11/h5-7,9-10,13,16H,2-4,8H2,1H3. The molecule has 0 amide bonds. The molecular weight excluding hydrogens is 232 g/mol. The summed E-state index contributed by atoms with van der Waals surface area (Å²) in [6.07, 6.45) is 4.06. The van der Waals surface area contributed by atoms with Crippen molar-refractivity contribution in [2.24, 2.45) is 0 Å². The van der Waals surface area contributed by atoms with Gasteiger partial charge in [0.25, 0.3) is 0 Å². The quantitative estimate of drug-likeness (QED) is 0.855. The van der Waals surface area contributed by atoms with Crippen LogP contribution in [0.25, 0.3) is 0 Å². The zero-order valence-electron chi connectivity index (χ0n) is 10.0. The summed E-state index contributed by atoms with van der Waals surface area (Å²) >= 11 is 1.70. The Labute approximate surface area is 106 Å². The largest absolute Gasteiger partial charge is 0.387 e. The summed E-state index contributed by atoms with van der Waals surface area (Å²) in [5.74, 6) is 0. The number of aliphatic hydroxyl groups excluding tert-OH is 1. The minimum absolute atomic E-state index is 0.413. The minimum atomic E-state index is -0.413. The molecule has 1 N–H and O–H groups in total. The zero-order chi connectivity index (χ0) is 12.1. The number of rotatable bonds is 6. The van der Waals surface area contributed by atoms with Crippen LogP contribution in [-0.2, 0) is 13.0 Å². The van der Waals surface area contributed by atoms with Gasteiger partial charge >= 0.3 is 0 Å².